The van der Waals surface area contributed by atoms with Gasteiger partial charge in [0.2, 0.25) is 0 Å². The van der Waals surface area contributed by atoms with Gasteiger partial charge in [0, 0.05) is 5.54 Å². The minimum Gasteiger partial charge on any atom is -0.479 e. The van der Waals surface area contributed by atoms with Crippen molar-refractivity contribution in [2.75, 3.05) is 0 Å². The van der Waals surface area contributed by atoms with Crippen molar-refractivity contribution in [2.45, 2.75) is 45.8 Å². The predicted molar refractivity (Wildman–Crippen MR) is 78.8 cm³/mol. The molecule has 0 spiro atoms. The number of nitrogens with one attached hydrogen (secondary N) is 1. The van der Waals surface area contributed by atoms with Crippen LogP contribution in [0.4, 0.5) is 0 Å². The minimum absolute atomic E-state index is 0.222. The van der Waals surface area contributed by atoms with Gasteiger partial charge in [-0.15, -0.1) is 0 Å². The predicted octanol–water partition coefficient (Wildman–Crippen LogP) is 3.28. The van der Waals surface area contributed by atoms with Crippen molar-refractivity contribution in [3.05, 3.63) is 28.8 Å². The average Bonchev–Trinajstić information content (AvgIpc) is 2.38. The van der Waals surface area contributed by atoms with Gasteiger partial charge in [0.25, 0.3) is 5.91 Å². The molecular weight excluding hydrogens is 276 g/mol. The molecule has 0 aliphatic rings. The molecule has 0 aliphatic heterocycles. The molecule has 1 unspecified atom stereocenters. The third-order valence-corrected chi connectivity index (χ3v) is 3.42. The number of nitrogens with zero attached hydrogens (tertiary/aromatic N) is 1. The Labute approximate surface area is 124 Å². The molecule has 0 aliphatic carbocycles. The lowest BCUT2D eigenvalue weighted by Crippen LogP contribution is -2.48. The van der Waals surface area contributed by atoms with Crippen molar-refractivity contribution in [2.24, 2.45) is 0 Å². The number of hydrogen-bond acceptors (Lipinski definition) is 3. The molecule has 20 heavy (non-hydrogen) atoms. The topological polar surface area (TPSA) is 62.1 Å². The number of carbonyl (C=O) groups is 1. The molecule has 108 valence electrons. The van der Waals surface area contributed by atoms with Crippen LogP contribution in [0.25, 0.3) is 0 Å². The first kappa shape index (κ1) is 16.3. The number of ether oxygens (including phenoxy) is 1. The van der Waals surface area contributed by atoms with Crippen molar-refractivity contribution in [1.82, 2.24) is 5.32 Å². The highest BCUT2D eigenvalue weighted by Gasteiger charge is 2.23. The lowest BCUT2D eigenvalue weighted by atomic mass is 10.0. The molecule has 1 amide bonds. The number of amides is 1. The zero-order valence-corrected chi connectivity index (χ0v) is 12.9. The summed E-state index contributed by atoms with van der Waals surface area (Å²) in [5.41, 5.74) is -0.0512. The van der Waals surface area contributed by atoms with Crippen LogP contribution in [0.3, 0.4) is 0 Å². The Hall–Kier alpha value is -1.73. The van der Waals surface area contributed by atoms with Gasteiger partial charge in [0.05, 0.1) is 5.02 Å². The molecule has 0 saturated heterocycles. The second kappa shape index (κ2) is 6.62. The third kappa shape index (κ3) is 4.14. The van der Waals surface area contributed by atoms with E-state index in [0.717, 1.165) is 6.42 Å². The molecule has 0 fully saturated rings. The fraction of sp³-hybridized carbons (Fsp3) is 0.467. The molecular formula is C15H19ClN2O2. The number of carbonyl (C=O) groups excluding carboxylic acids is 1. The SMILES string of the molecule is CCC(C)(C)NC(=O)C(C)Oc1cccc(Cl)c1C#N. The number of benzene rings is 1. The smallest absolute Gasteiger partial charge is 0.261 e. The summed E-state index contributed by atoms with van der Waals surface area (Å²) >= 11 is 5.92. The highest BCUT2D eigenvalue weighted by Crippen LogP contribution is 2.26. The fourth-order valence-corrected chi connectivity index (χ4v) is 1.69. The molecule has 4 nitrogen and oxygen atoms in total. The lowest BCUT2D eigenvalue weighted by molar-refractivity contribution is -0.128. The Morgan fingerprint density at radius 2 is 2.20 bits per heavy atom. The molecule has 0 radical (unpaired) electrons. The molecule has 5 heteroatoms. The monoisotopic (exact) mass is 294 g/mol. The molecule has 1 N–H and O–H groups in total. The Morgan fingerprint density at radius 1 is 1.55 bits per heavy atom. The van der Waals surface area contributed by atoms with Crippen LogP contribution >= 0.6 is 11.6 Å². The van der Waals surface area contributed by atoms with Gasteiger partial charge < -0.3 is 10.1 Å². The molecule has 0 aromatic heterocycles. The maximum atomic E-state index is 12.1. The van der Waals surface area contributed by atoms with Gasteiger partial charge in [0.15, 0.2) is 6.10 Å². The van der Waals surface area contributed by atoms with Gasteiger partial charge in [-0.3, -0.25) is 4.79 Å². The fourth-order valence-electron chi connectivity index (χ4n) is 1.48. The Bertz CT molecular complexity index is 535. The highest BCUT2D eigenvalue weighted by molar-refractivity contribution is 6.31. The molecule has 0 bridgehead atoms. The van der Waals surface area contributed by atoms with Crippen LogP contribution in [0.15, 0.2) is 18.2 Å². The van der Waals surface area contributed by atoms with Gasteiger partial charge >= 0.3 is 0 Å². The van der Waals surface area contributed by atoms with Crippen LogP contribution in [-0.2, 0) is 4.79 Å². The zero-order valence-electron chi connectivity index (χ0n) is 12.2. The molecule has 0 heterocycles. The summed E-state index contributed by atoms with van der Waals surface area (Å²) in [6.07, 6.45) is 0.109. The number of nitriles is 1. The summed E-state index contributed by atoms with van der Waals surface area (Å²) < 4.78 is 5.55. The van der Waals surface area contributed by atoms with E-state index in [1.807, 2.05) is 26.8 Å². The van der Waals surface area contributed by atoms with E-state index in [9.17, 15) is 4.79 Å². The van der Waals surface area contributed by atoms with Crippen molar-refractivity contribution >= 4 is 17.5 Å². The van der Waals surface area contributed by atoms with E-state index in [2.05, 4.69) is 5.32 Å². The zero-order chi connectivity index (χ0) is 15.3. The first-order valence-corrected chi connectivity index (χ1v) is 6.86. The number of hydrogen-bond donors (Lipinski definition) is 1. The van der Waals surface area contributed by atoms with E-state index in [4.69, 9.17) is 21.6 Å². The van der Waals surface area contributed by atoms with Crippen LogP contribution in [0.1, 0.15) is 39.7 Å². The van der Waals surface area contributed by atoms with E-state index in [1.165, 1.54) is 0 Å². The molecule has 1 rings (SSSR count). The molecule has 1 atom stereocenters. The van der Waals surface area contributed by atoms with Gasteiger partial charge in [-0.1, -0.05) is 24.6 Å². The molecule has 0 saturated carbocycles. The largest absolute Gasteiger partial charge is 0.479 e. The number of halogens is 1. The van der Waals surface area contributed by atoms with Crippen LogP contribution in [0.5, 0.6) is 5.75 Å². The van der Waals surface area contributed by atoms with Crippen molar-refractivity contribution < 1.29 is 9.53 Å². The quantitative estimate of drug-likeness (QED) is 0.906. The first-order valence-electron chi connectivity index (χ1n) is 6.48. The van der Waals surface area contributed by atoms with Crippen molar-refractivity contribution in [3.63, 3.8) is 0 Å². The second-order valence-corrected chi connectivity index (χ2v) is 5.62. The van der Waals surface area contributed by atoms with Crippen LogP contribution < -0.4 is 10.1 Å². The second-order valence-electron chi connectivity index (χ2n) is 5.21. The Morgan fingerprint density at radius 3 is 2.75 bits per heavy atom. The van der Waals surface area contributed by atoms with E-state index >= 15 is 0 Å². The van der Waals surface area contributed by atoms with E-state index in [-0.39, 0.29) is 17.0 Å². The maximum Gasteiger partial charge on any atom is 0.261 e. The van der Waals surface area contributed by atoms with E-state index in [0.29, 0.717) is 10.8 Å². The van der Waals surface area contributed by atoms with Crippen LogP contribution in [0.2, 0.25) is 5.02 Å². The summed E-state index contributed by atoms with van der Waals surface area (Å²) in [6.45, 7) is 7.52. The third-order valence-electron chi connectivity index (χ3n) is 3.11. The average molecular weight is 295 g/mol. The molecule has 1 aromatic carbocycles. The summed E-state index contributed by atoms with van der Waals surface area (Å²) in [7, 11) is 0. The highest BCUT2D eigenvalue weighted by atomic mass is 35.5. The lowest BCUT2D eigenvalue weighted by Gasteiger charge is -2.26. The first-order chi connectivity index (χ1) is 9.30. The summed E-state index contributed by atoms with van der Waals surface area (Å²) in [4.78, 5) is 12.1. The van der Waals surface area contributed by atoms with E-state index < -0.39 is 6.10 Å². The van der Waals surface area contributed by atoms with E-state index in [1.54, 1.807) is 25.1 Å². The van der Waals surface area contributed by atoms with Gasteiger partial charge in [-0.25, -0.2) is 0 Å². The summed E-state index contributed by atoms with van der Waals surface area (Å²) in [5, 5.41) is 12.3. The summed E-state index contributed by atoms with van der Waals surface area (Å²) in [6, 6.07) is 6.89. The van der Waals surface area contributed by atoms with Gasteiger partial charge in [0.1, 0.15) is 17.4 Å². The standard InChI is InChI=1S/C15H19ClN2O2/c1-5-15(3,4)18-14(19)10(2)20-13-8-6-7-12(16)11(13)9-17/h6-8,10H,5H2,1-4H3,(H,18,19). The van der Waals surface area contributed by atoms with Crippen LogP contribution in [0, 0.1) is 11.3 Å². The number of rotatable bonds is 5. The Balaban J connectivity index is 2.82. The maximum absolute atomic E-state index is 12.1. The van der Waals surface area contributed by atoms with Crippen molar-refractivity contribution in [1.29, 1.82) is 5.26 Å². The van der Waals surface area contributed by atoms with Gasteiger partial charge in [-0.05, 0) is 39.3 Å². The van der Waals surface area contributed by atoms with Gasteiger partial charge in [-0.2, -0.15) is 5.26 Å². The normalized spacial score (nSPS) is 12.4. The Kier molecular flexibility index (Phi) is 5.41. The summed E-state index contributed by atoms with van der Waals surface area (Å²) in [5.74, 6) is 0.0951. The van der Waals surface area contributed by atoms with Crippen LogP contribution in [-0.4, -0.2) is 17.6 Å². The molecule has 1 aromatic rings. The van der Waals surface area contributed by atoms with Crippen molar-refractivity contribution in [3.8, 4) is 11.8 Å². The minimum atomic E-state index is -0.702.